The second-order valence-corrected chi connectivity index (χ2v) is 6.96. The Morgan fingerprint density at radius 1 is 1.67 bits per heavy atom. The first-order valence-corrected chi connectivity index (χ1v) is 8.21. The number of aliphatic hydroxyl groups excluding tert-OH is 1. The van der Waals surface area contributed by atoms with Crippen LogP contribution in [-0.2, 0) is 10.2 Å². The number of pyridine rings is 1. The molecule has 21 heavy (non-hydrogen) atoms. The summed E-state index contributed by atoms with van der Waals surface area (Å²) in [5, 5.41) is 15.6. The van der Waals surface area contributed by atoms with Gasteiger partial charge in [0.2, 0.25) is 5.91 Å². The molecule has 1 amide bonds. The number of aromatic nitrogens is 1. The highest BCUT2D eigenvalue weighted by Crippen LogP contribution is 2.52. The van der Waals surface area contributed by atoms with Crippen LogP contribution in [0.15, 0.2) is 10.7 Å². The Hall–Kier alpha value is -0.850. The number of anilines is 1. The maximum atomic E-state index is 12.1. The highest BCUT2D eigenvalue weighted by molar-refractivity contribution is 9.10. The lowest BCUT2D eigenvalue weighted by molar-refractivity contribution is -0.125. The van der Waals surface area contributed by atoms with Crippen molar-refractivity contribution in [2.75, 3.05) is 25.0 Å². The molecule has 2 aliphatic rings. The fourth-order valence-corrected chi connectivity index (χ4v) is 4.13. The first kappa shape index (κ1) is 15.1. The second-order valence-electron chi connectivity index (χ2n) is 5.73. The standard InChI is InChI=1S/C14H17BrClN3O2/c15-9-6-18-12-10(11(9)16)14(7-19-12)2-1-8(5-14)13(21)17-3-4-20/h6,8,20H,1-5,7H2,(H,17,21)(H,18,19). The molecule has 1 saturated carbocycles. The maximum Gasteiger partial charge on any atom is 0.223 e. The molecule has 0 aromatic carbocycles. The third-order valence-corrected chi connectivity index (χ3v) is 5.71. The number of hydrogen-bond donors (Lipinski definition) is 3. The molecule has 1 spiro atoms. The van der Waals surface area contributed by atoms with E-state index in [2.05, 4.69) is 31.5 Å². The molecular weight excluding hydrogens is 358 g/mol. The summed E-state index contributed by atoms with van der Waals surface area (Å²) in [6, 6.07) is 0. The van der Waals surface area contributed by atoms with Crippen molar-refractivity contribution in [3.63, 3.8) is 0 Å². The molecule has 3 rings (SSSR count). The predicted molar refractivity (Wildman–Crippen MR) is 84.6 cm³/mol. The normalized spacial score (nSPS) is 26.7. The van der Waals surface area contributed by atoms with Crippen LogP contribution in [0.2, 0.25) is 5.02 Å². The van der Waals surface area contributed by atoms with Crippen molar-refractivity contribution < 1.29 is 9.90 Å². The average Bonchev–Trinajstić information content (AvgIpc) is 3.06. The van der Waals surface area contributed by atoms with Crippen molar-refractivity contribution >= 4 is 39.3 Å². The van der Waals surface area contributed by atoms with Gasteiger partial charge in [0, 0.05) is 36.2 Å². The van der Waals surface area contributed by atoms with Gasteiger partial charge >= 0.3 is 0 Å². The van der Waals surface area contributed by atoms with Gasteiger partial charge in [-0.15, -0.1) is 0 Å². The minimum Gasteiger partial charge on any atom is -0.395 e. The van der Waals surface area contributed by atoms with Gasteiger partial charge in [-0.3, -0.25) is 4.79 Å². The van der Waals surface area contributed by atoms with Crippen LogP contribution in [-0.4, -0.2) is 35.7 Å². The van der Waals surface area contributed by atoms with Gasteiger partial charge in [0.25, 0.3) is 0 Å². The highest BCUT2D eigenvalue weighted by Gasteiger charge is 2.48. The van der Waals surface area contributed by atoms with E-state index in [4.69, 9.17) is 16.7 Å². The minimum absolute atomic E-state index is 0.0217. The van der Waals surface area contributed by atoms with Crippen LogP contribution in [0.25, 0.3) is 0 Å². The van der Waals surface area contributed by atoms with Crippen LogP contribution in [0.3, 0.4) is 0 Å². The van der Waals surface area contributed by atoms with E-state index in [1.807, 2.05) is 0 Å². The van der Waals surface area contributed by atoms with Crippen LogP contribution < -0.4 is 10.6 Å². The number of aliphatic hydroxyl groups is 1. The number of nitrogens with one attached hydrogen (secondary N) is 2. The maximum absolute atomic E-state index is 12.1. The molecule has 2 heterocycles. The Morgan fingerprint density at radius 3 is 3.24 bits per heavy atom. The molecular formula is C14H17BrClN3O2. The largest absolute Gasteiger partial charge is 0.395 e. The smallest absolute Gasteiger partial charge is 0.223 e. The van der Waals surface area contributed by atoms with Gasteiger partial charge in [-0.05, 0) is 35.2 Å². The van der Waals surface area contributed by atoms with Gasteiger partial charge in [0.1, 0.15) is 5.82 Å². The first-order valence-electron chi connectivity index (χ1n) is 7.04. The quantitative estimate of drug-likeness (QED) is 0.757. The average molecular weight is 375 g/mol. The molecule has 1 aliphatic heterocycles. The molecule has 0 radical (unpaired) electrons. The number of rotatable bonds is 3. The van der Waals surface area contributed by atoms with Crippen molar-refractivity contribution in [2.45, 2.75) is 24.7 Å². The van der Waals surface area contributed by atoms with Gasteiger partial charge in [-0.2, -0.15) is 0 Å². The minimum atomic E-state index is -0.107. The van der Waals surface area contributed by atoms with E-state index < -0.39 is 0 Å². The fraction of sp³-hybridized carbons (Fsp3) is 0.571. The Bertz CT molecular complexity index is 584. The van der Waals surface area contributed by atoms with Crippen molar-refractivity contribution in [1.82, 2.24) is 10.3 Å². The molecule has 114 valence electrons. The van der Waals surface area contributed by atoms with Crippen LogP contribution in [0.5, 0.6) is 0 Å². The summed E-state index contributed by atoms with van der Waals surface area (Å²) < 4.78 is 0.791. The summed E-state index contributed by atoms with van der Waals surface area (Å²) in [7, 11) is 0. The molecule has 7 heteroatoms. The SMILES string of the molecule is O=C(NCCO)C1CCC2(CNc3ncc(Br)c(Cl)c32)C1. The molecule has 2 unspecified atom stereocenters. The number of halogens is 2. The number of carbonyl (C=O) groups excluding carboxylic acids is 1. The van der Waals surface area contributed by atoms with Crippen LogP contribution in [0, 0.1) is 5.92 Å². The molecule has 0 bridgehead atoms. The van der Waals surface area contributed by atoms with Crippen LogP contribution in [0.1, 0.15) is 24.8 Å². The molecule has 1 aliphatic carbocycles. The topological polar surface area (TPSA) is 74.2 Å². The monoisotopic (exact) mass is 373 g/mol. The van der Waals surface area contributed by atoms with Crippen molar-refractivity contribution in [1.29, 1.82) is 0 Å². The van der Waals surface area contributed by atoms with E-state index in [-0.39, 0.29) is 23.8 Å². The van der Waals surface area contributed by atoms with E-state index in [9.17, 15) is 4.79 Å². The van der Waals surface area contributed by atoms with Crippen molar-refractivity contribution in [3.05, 3.63) is 21.3 Å². The summed E-state index contributed by atoms with van der Waals surface area (Å²) in [5.41, 5.74) is 0.931. The Balaban J connectivity index is 1.84. The number of fused-ring (bicyclic) bond motifs is 2. The van der Waals surface area contributed by atoms with Gasteiger partial charge in [0.15, 0.2) is 0 Å². The zero-order valence-electron chi connectivity index (χ0n) is 11.5. The van der Waals surface area contributed by atoms with Crippen molar-refractivity contribution in [2.24, 2.45) is 5.92 Å². The number of carbonyl (C=O) groups is 1. The number of amides is 1. The summed E-state index contributed by atoms with van der Waals surface area (Å²) in [5.74, 6) is 0.826. The van der Waals surface area contributed by atoms with Gasteiger partial charge in [-0.1, -0.05) is 11.6 Å². The Labute approximate surface area is 136 Å². The molecule has 3 N–H and O–H groups in total. The summed E-state index contributed by atoms with van der Waals surface area (Å²) in [6.45, 7) is 1.05. The first-order chi connectivity index (χ1) is 10.1. The molecule has 0 saturated heterocycles. The van der Waals surface area contributed by atoms with Crippen molar-refractivity contribution in [3.8, 4) is 0 Å². The molecule has 1 aromatic rings. The zero-order valence-corrected chi connectivity index (χ0v) is 13.8. The van der Waals surface area contributed by atoms with E-state index in [1.165, 1.54) is 0 Å². The second kappa shape index (κ2) is 5.74. The predicted octanol–water partition coefficient (Wildman–Crippen LogP) is 2.07. The summed E-state index contributed by atoms with van der Waals surface area (Å²) in [6.07, 6.45) is 4.22. The van der Waals surface area contributed by atoms with E-state index in [1.54, 1.807) is 6.20 Å². The lowest BCUT2D eigenvalue weighted by Gasteiger charge is -2.24. The lowest BCUT2D eigenvalue weighted by Crippen LogP contribution is -2.33. The van der Waals surface area contributed by atoms with E-state index in [0.29, 0.717) is 11.6 Å². The van der Waals surface area contributed by atoms with Crippen LogP contribution in [0.4, 0.5) is 5.82 Å². The third kappa shape index (κ3) is 2.53. The van der Waals surface area contributed by atoms with Gasteiger partial charge in [-0.25, -0.2) is 4.98 Å². The van der Waals surface area contributed by atoms with Crippen LogP contribution >= 0.6 is 27.5 Å². The summed E-state index contributed by atoms with van der Waals surface area (Å²) >= 11 is 9.89. The summed E-state index contributed by atoms with van der Waals surface area (Å²) in [4.78, 5) is 16.5. The van der Waals surface area contributed by atoms with Gasteiger partial charge < -0.3 is 15.7 Å². The lowest BCUT2D eigenvalue weighted by atomic mass is 9.80. The van der Waals surface area contributed by atoms with E-state index in [0.717, 1.165) is 41.7 Å². The molecule has 5 nitrogen and oxygen atoms in total. The molecule has 1 aromatic heterocycles. The number of hydrogen-bond acceptors (Lipinski definition) is 4. The van der Waals surface area contributed by atoms with Gasteiger partial charge in [0.05, 0.1) is 16.1 Å². The molecule has 1 fully saturated rings. The third-order valence-electron chi connectivity index (χ3n) is 4.49. The zero-order chi connectivity index (χ0) is 15.0. The fourth-order valence-electron chi connectivity index (χ4n) is 3.49. The highest BCUT2D eigenvalue weighted by atomic mass is 79.9. The molecule has 2 atom stereocenters. The van der Waals surface area contributed by atoms with E-state index >= 15 is 0 Å². The Morgan fingerprint density at radius 2 is 2.48 bits per heavy atom. The number of nitrogens with zero attached hydrogens (tertiary/aromatic N) is 1. The Kier molecular flexibility index (Phi) is 4.12.